The van der Waals surface area contributed by atoms with Gasteiger partial charge in [0.25, 0.3) is 0 Å². The molecule has 0 radical (unpaired) electrons. The van der Waals surface area contributed by atoms with Crippen molar-refractivity contribution >= 4 is 6.09 Å². The summed E-state index contributed by atoms with van der Waals surface area (Å²) in [5.41, 5.74) is 0.667. The van der Waals surface area contributed by atoms with Crippen LogP contribution in [-0.2, 0) is 4.74 Å². The molecule has 1 N–H and O–H groups in total. The van der Waals surface area contributed by atoms with Gasteiger partial charge in [-0.25, -0.2) is 4.79 Å². The minimum Gasteiger partial charge on any atom is -0.444 e. The van der Waals surface area contributed by atoms with Gasteiger partial charge in [0.1, 0.15) is 5.60 Å². The number of nitrogens with one attached hydrogen (secondary N) is 1. The van der Waals surface area contributed by atoms with E-state index in [9.17, 15) is 9.59 Å². The fourth-order valence-corrected chi connectivity index (χ4v) is 1.71. The highest BCUT2D eigenvalue weighted by atomic mass is 16.6. The molecule has 1 saturated heterocycles. The van der Waals surface area contributed by atoms with Crippen LogP contribution in [0.2, 0.25) is 0 Å². The number of nitrogens with zero attached hydrogens (tertiary/aromatic N) is 1. The monoisotopic (exact) mass is 310 g/mol. The topological polar surface area (TPSA) is 62.4 Å². The second kappa shape index (κ2) is 10.0. The Balaban J connectivity index is 0.000000382. The molecule has 1 aliphatic rings. The van der Waals surface area contributed by atoms with Crippen molar-refractivity contribution in [3.05, 3.63) is 34.2 Å². The van der Waals surface area contributed by atoms with Crippen LogP contribution in [0, 0.1) is 6.92 Å². The van der Waals surface area contributed by atoms with Crippen LogP contribution in [0.25, 0.3) is 0 Å². The quantitative estimate of drug-likeness (QED) is 0.794. The standard InChI is InChI=1S/C9H17NO2.C6H7NO.C2H6/c1-9(2,3)12-8(11)10-6-4-5-7-10;1-5-2-3-6(8)7-4-5;1-2/h4-7H2,1-3H3;2-4H,1H3,(H,7,8);1-2H3. The zero-order chi connectivity index (χ0) is 17.2. The summed E-state index contributed by atoms with van der Waals surface area (Å²) in [7, 11) is 0. The number of hydrogen-bond acceptors (Lipinski definition) is 3. The lowest BCUT2D eigenvalue weighted by molar-refractivity contribution is 0.0295. The van der Waals surface area contributed by atoms with Crippen LogP contribution in [-0.4, -0.2) is 34.7 Å². The summed E-state index contributed by atoms with van der Waals surface area (Å²) >= 11 is 0. The van der Waals surface area contributed by atoms with E-state index in [0.717, 1.165) is 31.5 Å². The Morgan fingerprint density at radius 3 is 2.09 bits per heavy atom. The molecule has 0 bridgehead atoms. The molecule has 0 spiro atoms. The van der Waals surface area contributed by atoms with Gasteiger partial charge in [0, 0.05) is 25.4 Å². The summed E-state index contributed by atoms with van der Waals surface area (Å²) in [6.07, 6.45) is 3.74. The Labute approximate surface area is 133 Å². The molecule has 1 aliphatic heterocycles. The first-order valence-electron chi connectivity index (χ1n) is 7.91. The van der Waals surface area contributed by atoms with Crippen LogP contribution in [0.3, 0.4) is 0 Å². The van der Waals surface area contributed by atoms with Crippen molar-refractivity contribution in [2.75, 3.05) is 13.1 Å². The molecule has 2 heterocycles. The molecule has 5 heteroatoms. The molecular weight excluding hydrogens is 280 g/mol. The number of H-pyrrole nitrogens is 1. The number of aromatic nitrogens is 1. The van der Waals surface area contributed by atoms with Gasteiger partial charge in [0.2, 0.25) is 5.56 Å². The van der Waals surface area contributed by atoms with Crippen LogP contribution in [0.5, 0.6) is 0 Å². The van der Waals surface area contributed by atoms with E-state index in [1.165, 1.54) is 6.07 Å². The molecule has 0 aromatic carbocycles. The maximum atomic E-state index is 11.4. The summed E-state index contributed by atoms with van der Waals surface area (Å²) in [5, 5.41) is 0. The number of aromatic amines is 1. The number of carbonyl (C=O) groups excluding carboxylic acids is 1. The van der Waals surface area contributed by atoms with Crippen LogP contribution >= 0.6 is 0 Å². The molecule has 0 saturated carbocycles. The molecule has 1 aromatic heterocycles. The average molecular weight is 310 g/mol. The van der Waals surface area contributed by atoms with Gasteiger partial charge in [0.15, 0.2) is 0 Å². The number of aryl methyl sites for hydroxylation is 1. The molecule has 1 fully saturated rings. The van der Waals surface area contributed by atoms with Crippen molar-refractivity contribution in [2.24, 2.45) is 0 Å². The third-order valence-electron chi connectivity index (χ3n) is 2.70. The van der Waals surface area contributed by atoms with Crippen LogP contribution in [0.15, 0.2) is 23.1 Å². The lowest BCUT2D eigenvalue weighted by atomic mass is 10.2. The first-order valence-corrected chi connectivity index (χ1v) is 7.91. The summed E-state index contributed by atoms with van der Waals surface area (Å²) in [5.74, 6) is 0. The van der Waals surface area contributed by atoms with Crippen molar-refractivity contribution in [3.63, 3.8) is 0 Å². The van der Waals surface area contributed by atoms with E-state index in [1.807, 2.05) is 41.5 Å². The van der Waals surface area contributed by atoms with Gasteiger partial charge in [-0.1, -0.05) is 19.9 Å². The average Bonchev–Trinajstić information content (AvgIpc) is 2.97. The number of ether oxygens (including phenoxy) is 1. The van der Waals surface area contributed by atoms with Crippen molar-refractivity contribution in [2.45, 2.75) is 60.0 Å². The van der Waals surface area contributed by atoms with Gasteiger partial charge in [-0.15, -0.1) is 0 Å². The molecule has 126 valence electrons. The van der Waals surface area contributed by atoms with Gasteiger partial charge in [-0.05, 0) is 46.1 Å². The Morgan fingerprint density at radius 1 is 1.18 bits per heavy atom. The molecule has 0 atom stereocenters. The van der Waals surface area contributed by atoms with Gasteiger partial charge < -0.3 is 14.6 Å². The fourth-order valence-electron chi connectivity index (χ4n) is 1.71. The number of likely N-dealkylation sites (tertiary alicyclic amines) is 1. The van der Waals surface area contributed by atoms with E-state index in [2.05, 4.69) is 4.98 Å². The van der Waals surface area contributed by atoms with E-state index in [4.69, 9.17) is 4.74 Å². The van der Waals surface area contributed by atoms with E-state index in [1.54, 1.807) is 17.2 Å². The van der Waals surface area contributed by atoms with E-state index < -0.39 is 0 Å². The van der Waals surface area contributed by atoms with Crippen LogP contribution < -0.4 is 5.56 Å². The van der Waals surface area contributed by atoms with Gasteiger partial charge in [-0.2, -0.15) is 0 Å². The minimum absolute atomic E-state index is 0.0457. The normalized spacial score (nSPS) is 13.5. The van der Waals surface area contributed by atoms with Gasteiger partial charge in [-0.3, -0.25) is 4.79 Å². The smallest absolute Gasteiger partial charge is 0.410 e. The molecule has 0 aliphatic carbocycles. The molecular formula is C17H30N2O3. The third kappa shape index (κ3) is 9.21. The van der Waals surface area contributed by atoms with Gasteiger partial charge >= 0.3 is 6.09 Å². The van der Waals surface area contributed by atoms with Crippen molar-refractivity contribution in [1.29, 1.82) is 0 Å². The lowest BCUT2D eigenvalue weighted by Crippen LogP contribution is -2.34. The predicted octanol–water partition coefficient (Wildman–Crippen LogP) is 3.73. The second-order valence-electron chi connectivity index (χ2n) is 5.90. The van der Waals surface area contributed by atoms with E-state index in [0.29, 0.717) is 0 Å². The SMILES string of the molecule is CC.CC(C)(C)OC(=O)N1CCCC1.Cc1ccc(=O)[nH]c1. The Morgan fingerprint density at radius 2 is 1.73 bits per heavy atom. The largest absolute Gasteiger partial charge is 0.444 e. The second-order valence-corrected chi connectivity index (χ2v) is 5.90. The number of carbonyl (C=O) groups is 1. The summed E-state index contributed by atoms with van der Waals surface area (Å²) < 4.78 is 5.21. The van der Waals surface area contributed by atoms with E-state index >= 15 is 0 Å². The maximum absolute atomic E-state index is 11.4. The molecule has 22 heavy (non-hydrogen) atoms. The zero-order valence-corrected chi connectivity index (χ0v) is 14.7. The number of rotatable bonds is 0. The fraction of sp³-hybridized carbons (Fsp3) is 0.647. The molecule has 1 amide bonds. The molecule has 1 aromatic rings. The van der Waals surface area contributed by atoms with Crippen molar-refractivity contribution in [3.8, 4) is 0 Å². The maximum Gasteiger partial charge on any atom is 0.410 e. The first-order chi connectivity index (χ1) is 10.3. The van der Waals surface area contributed by atoms with Crippen LogP contribution in [0.1, 0.15) is 53.0 Å². The Bertz CT molecular complexity index is 463. The highest BCUT2D eigenvalue weighted by Gasteiger charge is 2.23. The predicted molar refractivity (Wildman–Crippen MR) is 90.2 cm³/mol. The zero-order valence-electron chi connectivity index (χ0n) is 14.7. The lowest BCUT2D eigenvalue weighted by Gasteiger charge is -2.23. The summed E-state index contributed by atoms with van der Waals surface area (Å²) in [4.78, 5) is 26.0. The highest BCUT2D eigenvalue weighted by molar-refractivity contribution is 5.68. The molecule has 0 unspecified atom stereocenters. The number of pyridine rings is 1. The Kier molecular flexibility index (Phi) is 9.22. The van der Waals surface area contributed by atoms with Crippen molar-refractivity contribution < 1.29 is 9.53 Å². The Hall–Kier alpha value is -1.78. The summed E-state index contributed by atoms with van der Waals surface area (Å²) in [6, 6.07) is 3.29. The third-order valence-corrected chi connectivity index (χ3v) is 2.70. The number of hydrogen-bond donors (Lipinski definition) is 1. The van der Waals surface area contributed by atoms with Crippen LogP contribution in [0.4, 0.5) is 4.79 Å². The van der Waals surface area contributed by atoms with Gasteiger partial charge in [0.05, 0.1) is 0 Å². The molecule has 5 nitrogen and oxygen atoms in total. The van der Waals surface area contributed by atoms with E-state index in [-0.39, 0.29) is 17.3 Å². The summed E-state index contributed by atoms with van der Waals surface area (Å²) in [6.45, 7) is 13.3. The van der Waals surface area contributed by atoms with Crippen molar-refractivity contribution in [1.82, 2.24) is 9.88 Å². The molecule has 2 rings (SSSR count). The highest BCUT2D eigenvalue weighted by Crippen LogP contribution is 2.14. The minimum atomic E-state index is -0.361. The number of amides is 1. The first kappa shape index (κ1) is 20.2.